The number of methoxy groups -OCH3 is 1. The highest BCUT2D eigenvalue weighted by atomic mass is 35.5. The van der Waals surface area contributed by atoms with E-state index in [4.69, 9.17) is 21.1 Å². The van der Waals surface area contributed by atoms with E-state index < -0.39 is 5.97 Å². The topological polar surface area (TPSA) is 61.8 Å². The molecule has 0 aromatic heterocycles. The van der Waals surface area contributed by atoms with E-state index in [9.17, 15) is 9.59 Å². The highest BCUT2D eigenvalue weighted by molar-refractivity contribution is 6.30. The van der Waals surface area contributed by atoms with Gasteiger partial charge in [-0.3, -0.25) is 4.79 Å². The summed E-state index contributed by atoms with van der Waals surface area (Å²) in [6.45, 7) is 0.374. The lowest BCUT2D eigenvalue weighted by atomic mass is 10.1. The van der Waals surface area contributed by atoms with E-state index in [1.807, 2.05) is 12.1 Å². The van der Waals surface area contributed by atoms with Crippen LogP contribution in [0.4, 0.5) is 0 Å². The summed E-state index contributed by atoms with van der Waals surface area (Å²) >= 11 is 5.89. The number of esters is 1. The van der Waals surface area contributed by atoms with Crippen molar-refractivity contribution in [2.45, 2.75) is 6.61 Å². The van der Waals surface area contributed by atoms with Crippen molar-refractivity contribution in [3.05, 3.63) is 99.8 Å². The first-order valence-corrected chi connectivity index (χ1v) is 9.55. The summed E-state index contributed by atoms with van der Waals surface area (Å²) < 4.78 is 16.2. The minimum Gasteiger partial charge on any atom is -0.489 e. The van der Waals surface area contributed by atoms with Crippen molar-refractivity contribution >= 4 is 29.4 Å². The van der Waals surface area contributed by atoms with E-state index in [2.05, 4.69) is 4.74 Å². The summed E-state index contributed by atoms with van der Waals surface area (Å²) in [5, 5.41) is 0.669. The highest BCUT2D eigenvalue weighted by Gasteiger charge is 2.27. The third-order valence-corrected chi connectivity index (χ3v) is 4.84. The molecule has 3 aromatic carbocycles. The number of fused-ring (bicyclic) bond motifs is 1. The monoisotopic (exact) mass is 420 g/mol. The predicted molar refractivity (Wildman–Crippen MR) is 113 cm³/mol. The number of ether oxygens (including phenoxy) is 3. The molecule has 0 spiro atoms. The predicted octanol–water partition coefficient (Wildman–Crippen LogP) is 5.32. The van der Waals surface area contributed by atoms with Crippen LogP contribution in [-0.2, 0) is 11.3 Å². The Hall–Kier alpha value is -3.57. The molecule has 0 saturated heterocycles. The number of halogens is 1. The summed E-state index contributed by atoms with van der Waals surface area (Å²) in [4.78, 5) is 24.2. The summed E-state index contributed by atoms with van der Waals surface area (Å²) in [6.07, 6.45) is 1.64. The summed E-state index contributed by atoms with van der Waals surface area (Å²) in [7, 11) is 1.33. The molecule has 6 heteroatoms. The van der Waals surface area contributed by atoms with Crippen molar-refractivity contribution in [2.24, 2.45) is 0 Å². The van der Waals surface area contributed by atoms with Gasteiger partial charge in [0.2, 0.25) is 5.78 Å². The number of allylic oxidation sites excluding steroid dienone is 1. The Morgan fingerprint density at radius 2 is 1.77 bits per heavy atom. The van der Waals surface area contributed by atoms with Crippen LogP contribution in [0.1, 0.15) is 31.8 Å². The zero-order valence-electron chi connectivity index (χ0n) is 16.1. The third-order valence-electron chi connectivity index (χ3n) is 4.59. The molecule has 1 heterocycles. The van der Waals surface area contributed by atoms with Gasteiger partial charge in [-0.25, -0.2) is 4.79 Å². The number of ketones is 1. The second-order valence-electron chi connectivity index (χ2n) is 6.63. The fourth-order valence-corrected chi connectivity index (χ4v) is 3.11. The van der Waals surface area contributed by atoms with E-state index >= 15 is 0 Å². The standard InChI is InChI=1S/C24H17ClO5/c1-28-24(27)17-6-2-15(3-7-17)12-22-23(26)20-11-10-19(13-21(20)30-22)29-14-16-4-8-18(25)9-5-16/h2-13H,14H2,1H3/b22-12-. The van der Waals surface area contributed by atoms with Crippen LogP contribution in [0, 0.1) is 0 Å². The second-order valence-corrected chi connectivity index (χ2v) is 7.06. The molecule has 1 aliphatic rings. The molecule has 0 fully saturated rings. The Labute approximate surface area is 178 Å². The molecule has 3 aromatic rings. The molecule has 0 aliphatic carbocycles. The first-order valence-electron chi connectivity index (χ1n) is 9.17. The fourth-order valence-electron chi connectivity index (χ4n) is 2.99. The number of Topliss-reactive ketones (excluding diaryl/α,β-unsaturated/α-hetero) is 1. The van der Waals surface area contributed by atoms with Gasteiger partial charge < -0.3 is 14.2 Å². The molecule has 150 valence electrons. The first kappa shape index (κ1) is 19.7. The van der Waals surface area contributed by atoms with E-state index in [0.29, 0.717) is 34.3 Å². The lowest BCUT2D eigenvalue weighted by molar-refractivity contribution is 0.0600. The van der Waals surface area contributed by atoms with Crippen LogP contribution in [-0.4, -0.2) is 18.9 Å². The number of carbonyl (C=O) groups excluding carboxylic acids is 2. The summed E-state index contributed by atoms with van der Waals surface area (Å²) in [5.74, 6) is 0.643. The molecular weight excluding hydrogens is 404 g/mol. The van der Waals surface area contributed by atoms with E-state index in [0.717, 1.165) is 11.1 Å². The molecule has 0 radical (unpaired) electrons. The SMILES string of the molecule is COC(=O)c1ccc(/C=C2\Oc3cc(OCc4ccc(Cl)cc4)ccc3C2=O)cc1. The van der Waals surface area contributed by atoms with Crippen LogP contribution in [0.2, 0.25) is 5.02 Å². The molecule has 1 aliphatic heterocycles. The number of hydrogen-bond donors (Lipinski definition) is 0. The maximum atomic E-state index is 12.6. The zero-order valence-corrected chi connectivity index (χ0v) is 16.8. The van der Waals surface area contributed by atoms with Crippen LogP contribution in [0.15, 0.2) is 72.5 Å². The van der Waals surface area contributed by atoms with Crippen LogP contribution < -0.4 is 9.47 Å². The maximum Gasteiger partial charge on any atom is 0.337 e. The van der Waals surface area contributed by atoms with Gasteiger partial charge in [-0.2, -0.15) is 0 Å². The van der Waals surface area contributed by atoms with Crippen molar-refractivity contribution in [1.82, 2.24) is 0 Å². The molecule has 0 saturated carbocycles. The average molecular weight is 421 g/mol. The number of hydrogen-bond acceptors (Lipinski definition) is 5. The van der Waals surface area contributed by atoms with Gasteiger partial charge in [-0.05, 0) is 53.6 Å². The Balaban J connectivity index is 1.47. The van der Waals surface area contributed by atoms with Gasteiger partial charge in [0, 0.05) is 11.1 Å². The van der Waals surface area contributed by atoms with Crippen molar-refractivity contribution in [3.63, 3.8) is 0 Å². The zero-order chi connectivity index (χ0) is 21.1. The molecule has 30 heavy (non-hydrogen) atoms. The van der Waals surface area contributed by atoms with Gasteiger partial charge in [-0.1, -0.05) is 35.9 Å². The van der Waals surface area contributed by atoms with Crippen LogP contribution in [0.25, 0.3) is 6.08 Å². The number of benzene rings is 3. The molecule has 0 unspecified atom stereocenters. The number of carbonyl (C=O) groups is 2. The molecule has 0 amide bonds. The van der Waals surface area contributed by atoms with E-state index in [-0.39, 0.29) is 11.5 Å². The second kappa shape index (κ2) is 8.43. The first-order chi connectivity index (χ1) is 14.5. The van der Waals surface area contributed by atoms with Crippen LogP contribution in [0.3, 0.4) is 0 Å². The van der Waals surface area contributed by atoms with Crippen molar-refractivity contribution < 1.29 is 23.8 Å². The van der Waals surface area contributed by atoms with Crippen LogP contribution >= 0.6 is 11.6 Å². The highest BCUT2D eigenvalue weighted by Crippen LogP contribution is 2.35. The van der Waals surface area contributed by atoms with E-state index in [1.165, 1.54) is 7.11 Å². The van der Waals surface area contributed by atoms with Gasteiger partial charge in [0.1, 0.15) is 18.1 Å². The molecule has 5 nitrogen and oxygen atoms in total. The quantitative estimate of drug-likeness (QED) is 0.413. The number of rotatable bonds is 5. The lowest BCUT2D eigenvalue weighted by Crippen LogP contribution is -2.01. The van der Waals surface area contributed by atoms with Crippen molar-refractivity contribution in [3.8, 4) is 11.5 Å². The van der Waals surface area contributed by atoms with Gasteiger partial charge in [0.25, 0.3) is 0 Å². The Morgan fingerprint density at radius 1 is 1.03 bits per heavy atom. The normalized spacial score (nSPS) is 13.7. The fraction of sp³-hybridized carbons (Fsp3) is 0.0833. The van der Waals surface area contributed by atoms with Crippen LogP contribution in [0.5, 0.6) is 11.5 Å². The van der Waals surface area contributed by atoms with Crippen molar-refractivity contribution in [2.75, 3.05) is 7.11 Å². The Morgan fingerprint density at radius 3 is 2.47 bits per heavy atom. The summed E-state index contributed by atoms with van der Waals surface area (Å²) in [6, 6.07) is 19.2. The van der Waals surface area contributed by atoms with Gasteiger partial charge in [-0.15, -0.1) is 0 Å². The minimum atomic E-state index is -0.416. The molecule has 4 rings (SSSR count). The van der Waals surface area contributed by atoms with Gasteiger partial charge in [0.15, 0.2) is 5.76 Å². The van der Waals surface area contributed by atoms with Gasteiger partial charge >= 0.3 is 5.97 Å². The molecule has 0 N–H and O–H groups in total. The minimum absolute atomic E-state index is 0.203. The van der Waals surface area contributed by atoms with Crippen molar-refractivity contribution in [1.29, 1.82) is 0 Å². The Bertz CT molecular complexity index is 1130. The van der Waals surface area contributed by atoms with Gasteiger partial charge in [0.05, 0.1) is 18.2 Å². The average Bonchev–Trinajstić information content (AvgIpc) is 3.08. The Kier molecular flexibility index (Phi) is 5.55. The largest absolute Gasteiger partial charge is 0.489 e. The molecule has 0 atom stereocenters. The molecule has 0 bridgehead atoms. The van der Waals surface area contributed by atoms with E-state index in [1.54, 1.807) is 60.7 Å². The summed E-state index contributed by atoms with van der Waals surface area (Å²) in [5.41, 5.74) is 2.63. The molecular formula is C24H17ClO5. The lowest BCUT2D eigenvalue weighted by Gasteiger charge is -2.07. The maximum absolute atomic E-state index is 12.6. The third kappa shape index (κ3) is 4.21. The smallest absolute Gasteiger partial charge is 0.337 e.